The number of carbonyl (C=O) groups excluding carboxylic acids is 2. The standard InChI is InChI=1S/C24H25N3O7S/c1-15-7-8-17(13-21(15)35(31,32)27-9-11-33-12-10-27)25-23(29)16(2)34-24(30)19-14-22(28)26-20-6-4-3-5-18(19)20/h3-8,13-14,16H,9-12H2,1-2H3,(H,25,29)(H,26,28). The zero-order valence-corrected chi connectivity index (χ0v) is 20.1. The molecule has 0 bridgehead atoms. The second-order valence-corrected chi connectivity index (χ2v) is 10.0. The fourth-order valence-corrected chi connectivity index (χ4v) is 5.44. The van der Waals surface area contributed by atoms with Crippen LogP contribution >= 0.6 is 0 Å². The molecule has 1 saturated heterocycles. The quantitative estimate of drug-likeness (QED) is 0.496. The summed E-state index contributed by atoms with van der Waals surface area (Å²) in [5, 5.41) is 3.09. The highest BCUT2D eigenvalue weighted by Crippen LogP contribution is 2.25. The van der Waals surface area contributed by atoms with Gasteiger partial charge in [-0.2, -0.15) is 4.31 Å². The van der Waals surface area contributed by atoms with Gasteiger partial charge in [-0.05, 0) is 37.6 Å². The van der Waals surface area contributed by atoms with Gasteiger partial charge in [0.05, 0.1) is 23.7 Å². The smallest absolute Gasteiger partial charge is 0.339 e. The van der Waals surface area contributed by atoms with E-state index in [1.807, 2.05) is 0 Å². The predicted octanol–water partition coefficient (Wildman–Crippen LogP) is 2.04. The maximum absolute atomic E-state index is 13.1. The van der Waals surface area contributed by atoms with E-state index in [-0.39, 0.29) is 29.2 Å². The summed E-state index contributed by atoms with van der Waals surface area (Å²) in [6.07, 6.45) is -1.21. The van der Waals surface area contributed by atoms with Gasteiger partial charge in [-0.1, -0.05) is 24.3 Å². The van der Waals surface area contributed by atoms with Crippen molar-refractivity contribution in [2.75, 3.05) is 31.6 Å². The third-order valence-electron chi connectivity index (χ3n) is 5.67. The van der Waals surface area contributed by atoms with Crippen molar-refractivity contribution in [3.8, 4) is 0 Å². The number of carbonyl (C=O) groups is 2. The zero-order valence-electron chi connectivity index (χ0n) is 19.2. The Kier molecular flexibility index (Phi) is 7.01. The molecule has 2 N–H and O–H groups in total. The van der Waals surface area contributed by atoms with Crippen LogP contribution in [0.15, 0.2) is 58.2 Å². The summed E-state index contributed by atoms with van der Waals surface area (Å²) in [6, 6.07) is 12.4. The number of sulfonamides is 1. The minimum Gasteiger partial charge on any atom is -0.449 e. The summed E-state index contributed by atoms with van der Waals surface area (Å²) in [4.78, 5) is 40.1. The number of hydrogen-bond donors (Lipinski definition) is 2. The number of esters is 1. The van der Waals surface area contributed by atoms with Gasteiger partial charge in [0.25, 0.3) is 5.91 Å². The number of anilines is 1. The lowest BCUT2D eigenvalue weighted by Crippen LogP contribution is -2.40. The Morgan fingerprint density at radius 2 is 1.83 bits per heavy atom. The Bertz CT molecular complexity index is 1440. The van der Waals surface area contributed by atoms with E-state index in [1.165, 1.54) is 17.3 Å². The topological polar surface area (TPSA) is 135 Å². The highest BCUT2D eigenvalue weighted by molar-refractivity contribution is 7.89. The van der Waals surface area contributed by atoms with E-state index in [2.05, 4.69) is 10.3 Å². The molecule has 1 aliphatic rings. The normalized spacial score (nSPS) is 15.5. The molecular formula is C24H25N3O7S. The molecule has 0 spiro atoms. The summed E-state index contributed by atoms with van der Waals surface area (Å²) in [6.45, 7) is 4.21. The Morgan fingerprint density at radius 3 is 2.57 bits per heavy atom. The van der Waals surface area contributed by atoms with Gasteiger partial charge in [-0.15, -0.1) is 0 Å². The van der Waals surface area contributed by atoms with Gasteiger partial charge in [0, 0.05) is 35.7 Å². The van der Waals surface area contributed by atoms with Crippen LogP contribution in [0.25, 0.3) is 10.9 Å². The Balaban J connectivity index is 1.50. The number of nitrogens with zero attached hydrogens (tertiary/aromatic N) is 1. The first-order valence-electron chi connectivity index (χ1n) is 11.0. The molecule has 1 unspecified atom stereocenters. The van der Waals surface area contributed by atoms with Crippen molar-refractivity contribution < 1.29 is 27.5 Å². The number of H-pyrrole nitrogens is 1. The van der Waals surface area contributed by atoms with E-state index < -0.39 is 33.6 Å². The van der Waals surface area contributed by atoms with Gasteiger partial charge in [0.1, 0.15) is 0 Å². The van der Waals surface area contributed by atoms with Crippen molar-refractivity contribution in [1.82, 2.24) is 9.29 Å². The van der Waals surface area contributed by atoms with E-state index in [0.717, 1.165) is 6.07 Å². The Morgan fingerprint density at radius 1 is 1.11 bits per heavy atom. The van der Waals surface area contributed by atoms with Gasteiger partial charge in [-0.25, -0.2) is 13.2 Å². The highest BCUT2D eigenvalue weighted by Gasteiger charge is 2.28. The average molecular weight is 500 g/mol. The SMILES string of the molecule is Cc1ccc(NC(=O)C(C)OC(=O)c2cc(=O)[nH]c3ccccc23)cc1S(=O)(=O)N1CCOCC1. The molecule has 3 aromatic rings. The number of ether oxygens (including phenoxy) is 2. The molecule has 1 amide bonds. The number of hydrogen-bond acceptors (Lipinski definition) is 7. The second-order valence-electron chi connectivity index (χ2n) is 8.13. The number of aromatic amines is 1. The number of nitrogens with one attached hydrogen (secondary N) is 2. The molecule has 1 fully saturated rings. The molecule has 1 aliphatic heterocycles. The predicted molar refractivity (Wildman–Crippen MR) is 129 cm³/mol. The van der Waals surface area contributed by atoms with E-state index in [0.29, 0.717) is 29.7 Å². The van der Waals surface area contributed by atoms with Crippen molar-refractivity contribution in [2.45, 2.75) is 24.8 Å². The fraction of sp³-hybridized carbons (Fsp3) is 0.292. The number of fused-ring (bicyclic) bond motifs is 1. The lowest BCUT2D eigenvalue weighted by molar-refractivity contribution is -0.123. The summed E-state index contributed by atoms with van der Waals surface area (Å²) in [5.41, 5.74) is 0.824. The van der Waals surface area contributed by atoms with Gasteiger partial charge in [-0.3, -0.25) is 9.59 Å². The maximum Gasteiger partial charge on any atom is 0.339 e. The molecule has 2 heterocycles. The number of aromatic nitrogens is 1. The minimum atomic E-state index is -3.77. The number of para-hydroxylation sites is 1. The van der Waals surface area contributed by atoms with Crippen molar-refractivity contribution in [1.29, 1.82) is 0 Å². The molecule has 4 rings (SSSR count). The van der Waals surface area contributed by atoms with Gasteiger partial charge < -0.3 is 19.8 Å². The lowest BCUT2D eigenvalue weighted by Gasteiger charge is -2.27. The van der Waals surface area contributed by atoms with E-state index in [4.69, 9.17) is 9.47 Å². The number of benzene rings is 2. The molecule has 10 nitrogen and oxygen atoms in total. The van der Waals surface area contributed by atoms with Crippen LogP contribution in [-0.2, 0) is 24.3 Å². The van der Waals surface area contributed by atoms with Crippen molar-refractivity contribution >= 4 is 38.5 Å². The molecular weight excluding hydrogens is 474 g/mol. The summed E-state index contributed by atoms with van der Waals surface area (Å²) in [7, 11) is -3.77. The van der Waals surface area contributed by atoms with Gasteiger partial charge in [0.15, 0.2) is 6.10 Å². The summed E-state index contributed by atoms with van der Waals surface area (Å²) < 4.78 is 38.0. The first kappa shape index (κ1) is 24.6. The largest absolute Gasteiger partial charge is 0.449 e. The summed E-state index contributed by atoms with van der Waals surface area (Å²) in [5.74, 6) is -1.47. The zero-order chi connectivity index (χ0) is 25.2. The van der Waals surface area contributed by atoms with Gasteiger partial charge >= 0.3 is 5.97 Å². The molecule has 2 aromatic carbocycles. The Labute approximate surface area is 201 Å². The summed E-state index contributed by atoms with van der Waals surface area (Å²) >= 11 is 0. The first-order valence-corrected chi connectivity index (χ1v) is 12.4. The molecule has 0 saturated carbocycles. The fourth-order valence-electron chi connectivity index (χ4n) is 3.78. The third-order valence-corrected chi connectivity index (χ3v) is 7.71. The number of aryl methyl sites for hydroxylation is 1. The molecule has 184 valence electrons. The number of morpholine rings is 1. The second kappa shape index (κ2) is 9.98. The van der Waals surface area contributed by atoms with E-state index in [1.54, 1.807) is 43.3 Å². The van der Waals surface area contributed by atoms with Crippen molar-refractivity contribution in [3.05, 3.63) is 70.0 Å². The molecule has 35 heavy (non-hydrogen) atoms. The molecule has 1 aromatic heterocycles. The van der Waals surface area contributed by atoms with Crippen LogP contribution in [0.3, 0.4) is 0 Å². The van der Waals surface area contributed by atoms with Gasteiger partial charge in [0.2, 0.25) is 15.6 Å². The number of amides is 1. The number of pyridine rings is 1. The molecule has 11 heteroatoms. The average Bonchev–Trinajstić information content (AvgIpc) is 2.85. The van der Waals surface area contributed by atoms with E-state index in [9.17, 15) is 22.8 Å². The van der Waals surface area contributed by atoms with Crippen LogP contribution in [0.5, 0.6) is 0 Å². The van der Waals surface area contributed by atoms with Crippen molar-refractivity contribution in [2.24, 2.45) is 0 Å². The maximum atomic E-state index is 13.1. The highest BCUT2D eigenvalue weighted by atomic mass is 32.2. The monoisotopic (exact) mass is 499 g/mol. The van der Waals surface area contributed by atoms with Crippen LogP contribution in [0, 0.1) is 6.92 Å². The third kappa shape index (κ3) is 5.26. The van der Waals surface area contributed by atoms with Crippen LogP contribution in [0.1, 0.15) is 22.8 Å². The van der Waals surface area contributed by atoms with Crippen LogP contribution in [0.2, 0.25) is 0 Å². The van der Waals surface area contributed by atoms with Crippen molar-refractivity contribution in [3.63, 3.8) is 0 Å². The number of rotatable bonds is 6. The Hall–Kier alpha value is -3.54. The minimum absolute atomic E-state index is 0.0400. The molecule has 0 radical (unpaired) electrons. The molecule has 1 atom stereocenters. The van der Waals surface area contributed by atoms with E-state index >= 15 is 0 Å². The van der Waals surface area contributed by atoms with Crippen LogP contribution in [-0.4, -0.2) is 62.0 Å². The lowest BCUT2D eigenvalue weighted by atomic mass is 10.1. The first-order chi connectivity index (χ1) is 16.7. The molecule has 0 aliphatic carbocycles. The van der Waals surface area contributed by atoms with Crippen LogP contribution < -0.4 is 10.9 Å². The van der Waals surface area contributed by atoms with Crippen LogP contribution in [0.4, 0.5) is 5.69 Å².